The van der Waals surface area contributed by atoms with E-state index in [0.29, 0.717) is 30.9 Å². The highest BCUT2D eigenvalue weighted by atomic mass is 32.2. The first-order valence-corrected chi connectivity index (χ1v) is 8.52. The van der Waals surface area contributed by atoms with Gasteiger partial charge < -0.3 is 19.2 Å². The molecule has 0 radical (unpaired) electrons. The van der Waals surface area contributed by atoms with Crippen LogP contribution in [0.2, 0.25) is 0 Å². The quantitative estimate of drug-likeness (QED) is 0.548. The Balaban J connectivity index is 1.93. The van der Waals surface area contributed by atoms with Crippen LogP contribution in [0.1, 0.15) is 13.8 Å². The molecule has 0 fully saturated rings. The number of nitrogens with one attached hydrogen (secondary N) is 1. The zero-order chi connectivity index (χ0) is 17.4. The van der Waals surface area contributed by atoms with E-state index in [0.717, 1.165) is 11.3 Å². The van der Waals surface area contributed by atoms with Crippen LogP contribution in [-0.4, -0.2) is 48.2 Å². The fourth-order valence-electron chi connectivity index (χ4n) is 1.86. The van der Waals surface area contributed by atoms with E-state index in [9.17, 15) is 4.79 Å². The summed E-state index contributed by atoms with van der Waals surface area (Å²) in [6.45, 7) is 5.29. The van der Waals surface area contributed by atoms with E-state index in [1.54, 1.807) is 14.0 Å². The highest BCUT2D eigenvalue weighted by molar-refractivity contribution is 8.00. The maximum absolute atomic E-state index is 11.9. The first kappa shape index (κ1) is 18.3. The number of hydrogen-bond donors (Lipinski definition) is 1. The van der Waals surface area contributed by atoms with Crippen LogP contribution >= 0.6 is 11.8 Å². The lowest BCUT2D eigenvalue weighted by atomic mass is 10.2. The van der Waals surface area contributed by atoms with E-state index >= 15 is 0 Å². The Morgan fingerprint density at radius 1 is 1.33 bits per heavy atom. The largest absolute Gasteiger partial charge is 0.494 e. The molecule has 0 aliphatic heterocycles. The lowest BCUT2D eigenvalue weighted by Crippen LogP contribution is -2.33. The molecule has 1 N–H and O–H groups in total. The smallest absolute Gasteiger partial charge is 0.277 e. The summed E-state index contributed by atoms with van der Waals surface area (Å²) in [4.78, 5) is 11.9. The van der Waals surface area contributed by atoms with Gasteiger partial charge in [0.25, 0.3) is 5.22 Å². The topological polar surface area (TPSA) is 86.5 Å². The zero-order valence-corrected chi connectivity index (χ0v) is 14.8. The molecule has 8 heteroatoms. The van der Waals surface area contributed by atoms with E-state index in [-0.39, 0.29) is 11.2 Å². The Bertz CT molecular complexity index is 645. The van der Waals surface area contributed by atoms with Gasteiger partial charge in [-0.3, -0.25) is 4.79 Å². The predicted molar refractivity (Wildman–Crippen MR) is 91.1 cm³/mol. The molecule has 0 aliphatic carbocycles. The van der Waals surface area contributed by atoms with E-state index in [1.807, 2.05) is 31.2 Å². The number of aromatic nitrogens is 2. The molecular weight excluding hydrogens is 330 g/mol. The van der Waals surface area contributed by atoms with E-state index < -0.39 is 0 Å². The Morgan fingerprint density at radius 2 is 2.08 bits per heavy atom. The number of hydrogen-bond acceptors (Lipinski definition) is 7. The summed E-state index contributed by atoms with van der Waals surface area (Å²) in [6, 6.07) is 7.41. The van der Waals surface area contributed by atoms with Crippen molar-refractivity contribution in [1.29, 1.82) is 0 Å². The molecule has 7 nitrogen and oxygen atoms in total. The normalized spacial score (nSPS) is 12.0. The van der Waals surface area contributed by atoms with Crippen molar-refractivity contribution in [2.45, 2.75) is 24.3 Å². The lowest BCUT2D eigenvalue weighted by molar-refractivity contribution is -0.120. The van der Waals surface area contributed by atoms with Gasteiger partial charge in [-0.2, -0.15) is 0 Å². The Kier molecular flexibility index (Phi) is 7.07. The summed E-state index contributed by atoms with van der Waals surface area (Å²) in [5.74, 6) is 1.10. The SMILES string of the molecule is CCOc1ccc(-c2nnc(S[C@H](C)C(=O)NCCOC)o2)cc1. The highest BCUT2D eigenvalue weighted by Crippen LogP contribution is 2.27. The second-order valence-corrected chi connectivity index (χ2v) is 6.17. The second-order valence-electron chi connectivity index (χ2n) is 4.87. The van der Waals surface area contributed by atoms with Crippen molar-refractivity contribution in [3.05, 3.63) is 24.3 Å². The number of benzene rings is 1. The highest BCUT2D eigenvalue weighted by Gasteiger charge is 2.18. The maximum atomic E-state index is 11.9. The van der Waals surface area contributed by atoms with Crippen molar-refractivity contribution in [2.75, 3.05) is 26.9 Å². The van der Waals surface area contributed by atoms with Crippen LogP contribution in [0.5, 0.6) is 5.75 Å². The van der Waals surface area contributed by atoms with Crippen molar-refractivity contribution >= 4 is 17.7 Å². The third kappa shape index (κ3) is 5.24. The molecule has 24 heavy (non-hydrogen) atoms. The van der Waals surface area contributed by atoms with Crippen molar-refractivity contribution in [1.82, 2.24) is 15.5 Å². The van der Waals surface area contributed by atoms with Crippen molar-refractivity contribution in [3.8, 4) is 17.2 Å². The fourth-order valence-corrected chi connectivity index (χ4v) is 2.57. The Hall–Kier alpha value is -2.06. The minimum absolute atomic E-state index is 0.0992. The average molecular weight is 351 g/mol. The molecule has 1 heterocycles. The molecule has 2 aromatic rings. The number of thioether (sulfide) groups is 1. The van der Waals surface area contributed by atoms with Crippen molar-refractivity contribution in [2.24, 2.45) is 0 Å². The van der Waals surface area contributed by atoms with Gasteiger partial charge in [0.05, 0.1) is 18.5 Å². The van der Waals surface area contributed by atoms with Gasteiger partial charge >= 0.3 is 0 Å². The third-order valence-corrected chi connectivity index (χ3v) is 4.01. The molecule has 0 spiro atoms. The van der Waals surface area contributed by atoms with Crippen LogP contribution in [0.4, 0.5) is 0 Å². The van der Waals surface area contributed by atoms with E-state index in [2.05, 4.69) is 15.5 Å². The number of amides is 1. The Morgan fingerprint density at radius 3 is 2.75 bits per heavy atom. The number of methoxy groups -OCH3 is 1. The van der Waals surface area contributed by atoms with Gasteiger partial charge in [-0.1, -0.05) is 11.8 Å². The zero-order valence-electron chi connectivity index (χ0n) is 13.9. The van der Waals surface area contributed by atoms with Crippen LogP contribution in [0, 0.1) is 0 Å². The van der Waals surface area contributed by atoms with Gasteiger partial charge in [0, 0.05) is 19.2 Å². The maximum Gasteiger partial charge on any atom is 0.277 e. The molecule has 1 amide bonds. The van der Waals surface area contributed by atoms with E-state index in [4.69, 9.17) is 13.9 Å². The first-order valence-electron chi connectivity index (χ1n) is 7.64. The molecule has 0 aliphatic rings. The van der Waals surface area contributed by atoms with Crippen LogP contribution in [0.15, 0.2) is 33.9 Å². The summed E-state index contributed by atoms with van der Waals surface area (Å²) >= 11 is 1.22. The first-order chi connectivity index (χ1) is 11.6. The fraction of sp³-hybridized carbons (Fsp3) is 0.438. The third-order valence-electron chi connectivity index (χ3n) is 3.07. The molecular formula is C16H21N3O4S. The minimum Gasteiger partial charge on any atom is -0.494 e. The number of ether oxygens (including phenoxy) is 2. The molecule has 2 rings (SSSR count). The average Bonchev–Trinajstić information content (AvgIpc) is 3.04. The molecule has 1 aromatic heterocycles. The van der Waals surface area contributed by atoms with Gasteiger partial charge in [-0.25, -0.2) is 0 Å². The lowest BCUT2D eigenvalue weighted by Gasteiger charge is -2.09. The van der Waals surface area contributed by atoms with Gasteiger partial charge in [-0.05, 0) is 38.1 Å². The molecule has 0 saturated heterocycles. The predicted octanol–water partition coefficient (Wildman–Crippen LogP) is 2.38. The van der Waals surface area contributed by atoms with E-state index in [1.165, 1.54) is 11.8 Å². The summed E-state index contributed by atoms with van der Waals surface area (Å²) in [7, 11) is 1.59. The molecule has 1 atom stereocenters. The number of carbonyl (C=O) groups is 1. The van der Waals surface area contributed by atoms with Gasteiger partial charge in [-0.15, -0.1) is 10.2 Å². The summed E-state index contributed by atoms with van der Waals surface area (Å²) in [5.41, 5.74) is 0.801. The molecule has 130 valence electrons. The number of carbonyl (C=O) groups excluding carboxylic acids is 1. The van der Waals surface area contributed by atoms with Crippen LogP contribution in [0.3, 0.4) is 0 Å². The second kappa shape index (κ2) is 9.29. The van der Waals surface area contributed by atoms with Crippen LogP contribution < -0.4 is 10.1 Å². The monoisotopic (exact) mass is 351 g/mol. The molecule has 1 aromatic carbocycles. The van der Waals surface area contributed by atoms with Crippen molar-refractivity contribution in [3.63, 3.8) is 0 Å². The van der Waals surface area contributed by atoms with Gasteiger partial charge in [0.15, 0.2) is 0 Å². The number of rotatable bonds is 9. The van der Waals surface area contributed by atoms with Gasteiger partial charge in [0.2, 0.25) is 11.8 Å². The van der Waals surface area contributed by atoms with Crippen LogP contribution in [-0.2, 0) is 9.53 Å². The molecule has 0 bridgehead atoms. The molecule has 0 saturated carbocycles. The summed E-state index contributed by atoms with van der Waals surface area (Å²) < 4.78 is 15.9. The molecule has 0 unspecified atom stereocenters. The standard InChI is InChI=1S/C16H21N3O4S/c1-4-22-13-7-5-12(6-8-13)15-18-19-16(23-15)24-11(2)14(20)17-9-10-21-3/h5-8,11H,4,9-10H2,1-3H3,(H,17,20)/t11-/m1/s1. The van der Waals surface area contributed by atoms with Crippen LogP contribution in [0.25, 0.3) is 11.5 Å². The Labute approximate surface area is 145 Å². The number of nitrogens with zero attached hydrogens (tertiary/aromatic N) is 2. The summed E-state index contributed by atoms with van der Waals surface area (Å²) in [5, 5.41) is 10.8. The van der Waals surface area contributed by atoms with Gasteiger partial charge in [0.1, 0.15) is 5.75 Å². The van der Waals surface area contributed by atoms with Crippen molar-refractivity contribution < 1.29 is 18.7 Å². The summed E-state index contributed by atoms with van der Waals surface area (Å²) in [6.07, 6.45) is 0. The minimum atomic E-state index is -0.338.